The molecule has 0 saturated carbocycles. The molecule has 0 bridgehead atoms. The molecule has 4 nitrogen and oxygen atoms in total. The number of hydrogen-bond acceptors (Lipinski definition) is 3. The van der Waals surface area contributed by atoms with E-state index in [0.29, 0.717) is 24.9 Å². The Hall–Kier alpha value is -0.910. The molecule has 0 aliphatic carbocycles. The minimum Gasteiger partial charge on any atom is -0.299 e. The van der Waals surface area contributed by atoms with Gasteiger partial charge in [-0.05, 0) is 56.7 Å². The Bertz CT molecular complexity index is 566. The zero-order valence-electron chi connectivity index (χ0n) is 15.1. The van der Waals surface area contributed by atoms with E-state index in [0.717, 1.165) is 25.9 Å². The second kappa shape index (κ2) is 9.54. The standard InChI is InChI=1S/C19H32N2O2S/c1-17(2)15-19(21-12-6-7-13-21)16-20-24(22,23)14-8-11-18-9-4-3-5-10-18/h3-5,9-10,17,19-20H,6-8,11-16H2,1-2H3. The fourth-order valence-electron chi connectivity index (χ4n) is 3.42. The first-order chi connectivity index (χ1) is 11.5. The fourth-order valence-corrected chi connectivity index (χ4v) is 4.53. The lowest BCUT2D eigenvalue weighted by atomic mass is 10.0. The van der Waals surface area contributed by atoms with E-state index in [-0.39, 0.29) is 5.75 Å². The third-order valence-corrected chi connectivity index (χ3v) is 6.09. The van der Waals surface area contributed by atoms with Gasteiger partial charge in [0.25, 0.3) is 0 Å². The number of benzene rings is 1. The molecule has 1 aliphatic heterocycles. The van der Waals surface area contributed by atoms with Crippen LogP contribution in [0.2, 0.25) is 0 Å². The lowest BCUT2D eigenvalue weighted by molar-refractivity contribution is 0.214. The number of sulfonamides is 1. The third-order valence-electron chi connectivity index (χ3n) is 4.66. The van der Waals surface area contributed by atoms with Gasteiger partial charge < -0.3 is 0 Å². The average Bonchev–Trinajstić information content (AvgIpc) is 3.06. The van der Waals surface area contributed by atoms with E-state index in [2.05, 4.69) is 23.5 Å². The topological polar surface area (TPSA) is 49.4 Å². The Kier molecular flexibility index (Phi) is 7.72. The Morgan fingerprint density at radius 3 is 2.42 bits per heavy atom. The molecule has 136 valence electrons. The van der Waals surface area contributed by atoms with Gasteiger partial charge in [0.1, 0.15) is 0 Å². The van der Waals surface area contributed by atoms with E-state index in [9.17, 15) is 8.42 Å². The van der Waals surface area contributed by atoms with Crippen molar-refractivity contribution in [1.29, 1.82) is 0 Å². The molecule has 1 aromatic rings. The maximum atomic E-state index is 12.3. The summed E-state index contributed by atoms with van der Waals surface area (Å²) < 4.78 is 27.5. The molecule has 1 N–H and O–H groups in total. The largest absolute Gasteiger partial charge is 0.299 e. The molecule has 0 radical (unpaired) electrons. The van der Waals surface area contributed by atoms with Gasteiger partial charge in [0, 0.05) is 12.6 Å². The zero-order chi connectivity index (χ0) is 17.4. The van der Waals surface area contributed by atoms with Crippen LogP contribution >= 0.6 is 0 Å². The number of aryl methyl sites for hydroxylation is 1. The first kappa shape index (κ1) is 19.4. The van der Waals surface area contributed by atoms with Gasteiger partial charge in [-0.3, -0.25) is 4.90 Å². The maximum absolute atomic E-state index is 12.3. The van der Waals surface area contributed by atoms with Crippen molar-refractivity contribution in [3.8, 4) is 0 Å². The molecule has 1 fully saturated rings. The highest BCUT2D eigenvalue weighted by atomic mass is 32.2. The van der Waals surface area contributed by atoms with Crippen LogP contribution < -0.4 is 4.72 Å². The summed E-state index contributed by atoms with van der Waals surface area (Å²) in [6.07, 6.45) is 4.99. The Labute approximate surface area is 147 Å². The van der Waals surface area contributed by atoms with Crippen LogP contribution in [0.1, 0.15) is 45.1 Å². The summed E-state index contributed by atoms with van der Waals surface area (Å²) in [4.78, 5) is 2.45. The van der Waals surface area contributed by atoms with Crippen molar-refractivity contribution in [2.75, 3.05) is 25.4 Å². The molecular formula is C19H32N2O2S. The predicted molar refractivity (Wildman–Crippen MR) is 101 cm³/mol. The molecule has 0 amide bonds. The van der Waals surface area contributed by atoms with Crippen molar-refractivity contribution in [1.82, 2.24) is 9.62 Å². The fraction of sp³-hybridized carbons (Fsp3) is 0.684. The van der Waals surface area contributed by atoms with Gasteiger partial charge in [0.2, 0.25) is 10.0 Å². The predicted octanol–water partition coefficient (Wildman–Crippen LogP) is 3.05. The summed E-state index contributed by atoms with van der Waals surface area (Å²) in [5.41, 5.74) is 1.20. The molecule has 1 heterocycles. The highest BCUT2D eigenvalue weighted by molar-refractivity contribution is 7.89. The molecule has 0 aromatic heterocycles. The number of likely N-dealkylation sites (tertiary alicyclic amines) is 1. The quantitative estimate of drug-likeness (QED) is 0.704. The lowest BCUT2D eigenvalue weighted by Crippen LogP contribution is -2.43. The summed E-state index contributed by atoms with van der Waals surface area (Å²) in [6.45, 7) is 7.17. The minimum absolute atomic E-state index is 0.205. The molecule has 1 saturated heterocycles. The maximum Gasteiger partial charge on any atom is 0.211 e. The Morgan fingerprint density at radius 1 is 1.12 bits per heavy atom. The van der Waals surface area contributed by atoms with Crippen LogP contribution in [-0.4, -0.2) is 44.7 Å². The Balaban J connectivity index is 1.78. The van der Waals surface area contributed by atoms with Crippen molar-refractivity contribution < 1.29 is 8.42 Å². The molecule has 1 atom stereocenters. The van der Waals surface area contributed by atoms with Crippen molar-refractivity contribution in [3.05, 3.63) is 35.9 Å². The normalized spacial score (nSPS) is 17.5. The summed E-state index contributed by atoms with van der Waals surface area (Å²) in [5.74, 6) is 0.786. The summed E-state index contributed by atoms with van der Waals surface area (Å²) in [6, 6.07) is 10.4. The number of nitrogens with zero attached hydrogens (tertiary/aromatic N) is 1. The van der Waals surface area contributed by atoms with Crippen LogP contribution in [0, 0.1) is 5.92 Å². The van der Waals surface area contributed by atoms with Crippen LogP contribution in [0.5, 0.6) is 0 Å². The molecular weight excluding hydrogens is 320 g/mol. The smallest absolute Gasteiger partial charge is 0.211 e. The first-order valence-corrected chi connectivity index (χ1v) is 10.9. The molecule has 2 rings (SSSR count). The van der Waals surface area contributed by atoms with E-state index in [4.69, 9.17) is 0 Å². The summed E-state index contributed by atoms with van der Waals surface area (Å²) in [7, 11) is -3.19. The van der Waals surface area contributed by atoms with E-state index in [1.54, 1.807) is 0 Å². The molecule has 1 unspecified atom stereocenters. The molecule has 0 spiro atoms. The van der Waals surface area contributed by atoms with Gasteiger partial charge in [-0.15, -0.1) is 0 Å². The van der Waals surface area contributed by atoms with Gasteiger partial charge in [-0.1, -0.05) is 44.2 Å². The van der Waals surface area contributed by atoms with Crippen LogP contribution in [0.25, 0.3) is 0 Å². The van der Waals surface area contributed by atoms with Crippen LogP contribution in [0.3, 0.4) is 0 Å². The van der Waals surface area contributed by atoms with Gasteiger partial charge in [0.15, 0.2) is 0 Å². The Morgan fingerprint density at radius 2 is 1.79 bits per heavy atom. The summed E-state index contributed by atoms with van der Waals surface area (Å²) in [5, 5.41) is 0. The molecule has 24 heavy (non-hydrogen) atoms. The first-order valence-electron chi connectivity index (χ1n) is 9.21. The van der Waals surface area contributed by atoms with Crippen LogP contribution in [0.4, 0.5) is 0 Å². The number of rotatable bonds is 10. The van der Waals surface area contributed by atoms with Crippen LogP contribution in [0.15, 0.2) is 30.3 Å². The number of nitrogens with one attached hydrogen (secondary N) is 1. The van der Waals surface area contributed by atoms with E-state index >= 15 is 0 Å². The third kappa shape index (κ3) is 6.91. The van der Waals surface area contributed by atoms with Crippen LogP contribution in [-0.2, 0) is 16.4 Å². The van der Waals surface area contributed by atoms with Gasteiger partial charge in [-0.25, -0.2) is 13.1 Å². The lowest BCUT2D eigenvalue weighted by Gasteiger charge is -2.29. The monoisotopic (exact) mass is 352 g/mol. The highest BCUT2D eigenvalue weighted by Gasteiger charge is 2.24. The van der Waals surface area contributed by atoms with E-state index in [1.807, 2.05) is 30.3 Å². The van der Waals surface area contributed by atoms with Crippen molar-refractivity contribution in [2.24, 2.45) is 5.92 Å². The SMILES string of the molecule is CC(C)CC(CNS(=O)(=O)CCCc1ccccc1)N1CCCC1. The van der Waals surface area contributed by atoms with Crippen molar-refractivity contribution >= 4 is 10.0 Å². The van der Waals surface area contributed by atoms with Gasteiger partial charge in [0.05, 0.1) is 5.75 Å². The average molecular weight is 353 g/mol. The second-order valence-corrected chi connectivity index (χ2v) is 9.21. The highest BCUT2D eigenvalue weighted by Crippen LogP contribution is 2.17. The van der Waals surface area contributed by atoms with Gasteiger partial charge in [-0.2, -0.15) is 0 Å². The number of hydrogen-bond donors (Lipinski definition) is 1. The van der Waals surface area contributed by atoms with Crippen molar-refractivity contribution in [3.63, 3.8) is 0 Å². The molecule has 1 aromatic carbocycles. The van der Waals surface area contributed by atoms with Gasteiger partial charge >= 0.3 is 0 Å². The van der Waals surface area contributed by atoms with E-state index < -0.39 is 10.0 Å². The molecule has 5 heteroatoms. The zero-order valence-corrected chi connectivity index (χ0v) is 15.9. The van der Waals surface area contributed by atoms with Crippen molar-refractivity contribution in [2.45, 2.75) is 52.0 Å². The minimum atomic E-state index is -3.19. The summed E-state index contributed by atoms with van der Waals surface area (Å²) >= 11 is 0. The van der Waals surface area contributed by atoms with E-state index in [1.165, 1.54) is 18.4 Å². The molecule has 1 aliphatic rings. The second-order valence-electron chi connectivity index (χ2n) is 7.28.